The van der Waals surface area contributed by atoms with E-state index < -0.39 is 5.60 Å². The Bertz CT molecular complexity index is 590. The average Bonchev–Trinajstić information content (AvgIpc) is 2.69. The molecule has 28 heavy (non-hydrogen) atoms. The molecule has 158 valence electrons. The van der Waals surface area contributed by atoms with Gasteiger partial charge in [-0.1, -0.05) is 33.1 Å². The number of nitrogens with one attached hydrogen (secondary N) is 1. The van der Waals surface area contributed by atoms with Gasteiger partial charge in [0.1, 0.15) is 18.0 Å². The molecule has 0 aromatic heterocycles. The number of likely N-dealkylation sites (tertiary alicyclic amines) is 1. The molecule has 2 atom stereocenters. The number of ether oxygens (including phenoxy) is 2. The minimum atomic E-state index is -0.796. The van der Waals surface area contributed by atoms with Crippen molar-refractivity contribution in [3.05, 3.63) is 24.3 Å². The van der Waals surface area contributed by atoms with Gasteiger partial charge in [0.05, 0.1) is 0 Å². The molecule has 5 heteroatoms. The number of methoxy groups -OCH3 is 1. The molecule has 0 radical (unpaired) electrons. The summed E-state index contributed by atoms with van der Waals surface area (Å²) in [5, 5.41) is 2.97. The number of benzene rings is 1. The van der Waals surface area contributed by atoms with E-state index in [0.29, 0.717) is 6.61 Å². The largest absolute Gasteiger partial charge is 0.492 e. The summed E-state index contributed by atoms with van der Waals surface area (Å²) in [6.45, 7) is 10.3. The van der Waals surface area contributed by atoms with Gasteiger partial charge in [0.15, 0.2) is 0 Å². The Morgan fingerprint density at radius 3 is 2.68 bits per heavy atom. The van der Waals surface area contributed by atoms with Gasteiger partial charge < -0.3 is 14.8 Å². The number of rotatable bonds is 11. The van der Waals surface area contributed by atoms with E-state index >= 15 is 0 Å². The smallest absolute Gasteiger partial charge is 0.256 e. The van der Waals surface area contributed by atoms with Crippen LogP contribution in [0.4, 0.5) is 5.69 Å². The fourth-order valence-electron chi connectivity index (χ4n) is 3.70. The predicted molar refractivity (Wildman–Crippen MR) is 115 cm³/mol. The standard InChI is InChI=1S/C23H38N2O3/c1-5-6-7-14-23(3,27-4)22(26)24-20-10-12-21(13-11-20)28-17-16-25-15-8-9-19(2)18-25/h10-13,19H,5-9,14-18H2,1-4H3,(H,24,26)/t19-,23-/m1/s1. The second-order valence-corrected chi connectivity index (χ2v) is 8.27. The summed E-state index contributed by atoms with van der Waals surface area (Å²) in [7, 11) is 1.60. The summed E-state index contributed by atoms with van der Waals surface area (Å²) in [5.74, 6) is 1.52. The lowest BCUT2D eigenvalue weighted by molar-refractivity contribution is -0.136. The second-order valence-electron chi connectivity index (χ2n) is 8.27. The molecule has 1 aromatic rings. The van der Waals surface area contributed by atoms with Crippen molar-refractivity contribution in [3.63, 3.8) is 0 Å². The molecule has 1 N–H and O–H groups in total. The van der Waals surface area contributed by atoms with Crippen LogP contribution in [-0.2, 0) is 9.53 Å². The number of carbonyl (C=O) groups excluding carboxylic acids is 1. The van der Waals surface area contributed by atoms with Gasteiger partial charge in [-0.25, -0.2) is 0 Å². The zero-order chi connectivity index (χ0) is 20.4. The Hall–Kier alpha value is -1.59. The molecule has 0 saturated carbocycles. The number of nitrogens with zero attached hydrogens (tertiary/aromatic N) is 1. The van der Waals surface area contributed by atoms with E-state index in [-0.39, 0.29) is 5.91 Å². The van der Waals surface area contributed by atoms with Crippen LogP contribution in [0.5, 0.6) is 5.75 Å². The molecule has 1 saturated heterocycles. The minimum absolute atomic E-state index is 0.0982. The molecule has 1 amide bonds. The van der Waals surface area contributed by atoms with Crippen LogP contribution in [0.3, 0.4) is 0 Å². The zero-order valence-corrected chi connectivity index (χ0v) is 18.1. The van der Waals surface area contributed by atoms with Gasteiger partial charge in [0, 0.05) is 25.9 Å². The number of carbonyl (C=O) groups is 1. The van der Waals surface area contributed by atoms with Crippen molar-refractivity contribution in [2.45, 2.75) is 64.9 Å². The van der Waals surface area contributed by atoms with E-state index in [2.05, 4.69) is 24.1 Å². The average molecular weight is 391 g/mol. The first-order valence-electron chi connectivity index (χ1n) is 10.8. The summed E-state index contributed by atoms with van der Waals surface area (Å²) in [4.78, 5) is 15.1. The predicted octanol–water partition coefficient (Wildman–Crippen LogP) is 4.72. The molecule has 1 aliphatic heterocycles. The van der Waals surface area contributed by atoms with Gasteiger partial charge in [0.2, 0.25) is 0 Å². The molecule has 0 spiro atoms. The first kappa shape index (κ1) is 22.7. The molecule has 1 heterocycles. The minimum Gasteiger partial charge on any atom is -0.492 e. The number of amides is 1. The summed E-state index contributed by atoms with van der Waals surface area (Å²) >= 11 is 0. The highest BCUT2D eigenvalue weighted by atomic mass is 16.5. The van der Waals surface area contributed by atoms with E-state index in [0.717, 1.165) is 49.6 Å². The fourth-order valence-corrected chi connectivity index (χ4v) is 3.70. The lowest BCUT2D eigenvalue weighted by Gasteiger charge is -2.30. The van der Waals surface area contributed by atoms with Gasteiger partial charge in [-0.3, -0.25) is 9.69 Å². The maximum Gasteiger partial charge on any atom is 0.256 e. The van der Waals surface area contributed by atoms with Crippen molar-refractivity contribution < 1.29 is 14.3 Å². The van der Waals surface area contributed by atoms with Gasteiger partial charge in [-0.2, -0.15) is 0 Å². The molecule has 1 aliphatic rings. The Labute approximate surface area is 170 Å². The van der Waals surface area contributed by atoms with Gasteiger partial charge in [-0.05, 0) is 62.9 Å². The van der Waals surface area contributed by atoms with Gasteiger partial charge >= 0.3 is 0 Å². The third-order valence-corrected chi connectivity index (χ3v) is 5.72. The monoisotopic (exact) mass is 390 g/mol. The molecule has 0 unspecified atom stereocenters. The maximum atomic E-state index is 12.6. The van der Waals surface area contributed by atoms with Gasteiger partial charge in [0.25, 0.3) is 5.91 Å². The normalized spacial score (nSPS) is 19.8. The van der Waals surface area contributed by atoms with E-state index in [9.17, 15) is 4.79 Å². The van der Waals surface area contributed by atoms with Crippen LogP contribution in [0.1, 0.15) is 59.3 Å². The van der Waals surface area contributed by atoms with Crippen LogP contribution in [0.2, 0.25) is 0 Å². The molecular formula is C23H38N2O3. The Kier molecular flexibility index (Phi) is 9.26. The number of hydrogen-bond acceptors (Lipinski definition) is 4. The Balaban J connectivity index is 1.78. The first-order valence-corrected chi connectivity index (χ1v) is 10.8. The highest BCUT2D eigenvalue weighted by Crippen LogP contribution is 2.23. The van der Waals surface area contributed by atoms with Crippen LogP contribution in [-0.4, -0.2) is 49.8 Å². The SMILES string of the molecule is CCCCC[C@@](C)(OC)C(=O)Nc1ccc(OCCN2CCC[C@@H](C)C2)cc1. The Morgan fingerprint density at radius 1 is 1.29 bits per heavy atom. The van der Waals surface area contributed by atoms with Crippen molar-refractivity contribution in [2.24, 2.45) is 5.92 Å². The number of unbranched alkanes of at least 4 members (excludes halogenated alkanes) is 2. The lowest BCUT2D eigenvalue weighted by atomic mass is 9.97. The van der Waals surface area contributed by atoms with Crippen molar-refractivity contribution >= 4 is 11.6 Å². The molecule has 2 rings (SSSR count). The highest BCUT2D eigenvalue weighted by Gasteiger charge is 2.32. The van der Waals surface area contributed by atoms with Crippen molar-refractivity contribution in [1.82, 2.24) is 4.90 Å². The van der Waals surface area contributed by atoms with Crippen LogP contribution in [0.25, 0.3) is 0 Å². The van der Waals surface area contributed by atoms with Gasteiger partial charge in [-0.15, -0.1) is 0 Å². The summed E-state index contributed by atoms with van der Waals surface area (Å²) < 4.78 is 11.4. The molecule has 1 aromatic carbocycles. The summed E-state index contributed by atoms with van der Waals surface area (Å²) in [5.41, 5.74) is -0.0309. The van der Waals surface area contributed by atoms with E-state index in [1.807, 2.05) is 31.2 Å². The number of hydrogen-bond donors (Lipinski definition) is 1. The van der Waals surface area contributed by atoms with Crippen molar-refractivity contribution in [2.75, 3.05) is 38.7 Å². The fraction of sp³-hybridized carbons (Fsp3) is 0.696. The van der Waals surface area contributed by atoms with E-state index in [1.165, 1.54) is 25.9 Å². The van der Waals surface area contributed by atoms with E-state index in [4.69, 9.17) is 9.47 Å². The number of piperidine rings is 1. The third kappa shape index (κ3) is 7.10. The van der Waals surface area contributed by atoms with E-state index in [1.54, 1.807) is 7.11 Å². The van der Waals surface area contributed by atoms with Crippen LogP contribution < -0.4 is 10.1 Å². The summed E-state index contributed by atoms with van der Waals surface area (Å²) in [6.07, 6.45) is 6.56. The van der Waals surface area contributed by atoms with Crippen LogP contribution >= 0.6 is 0 Å². The zero-order valence-electron chi connectivity index (χ0n) is 18.1. The molecule has 1 fully saturated rings. The molecule has 0 bridgehead atoms. The highest BCUT2D eigenvalue weighted by molar-refractivity contribution is 5.97. The van der Waals surface area contributed by atoms with Crippen molar-refractivity contribution in [3.8, 4) is 5.75 Å². The number of anilines is 1. The van der Waals surface area contributed by atoms with Crippen LogP contribution in [0.15, 0.2) is 24.3 Å². The first-order chi connectivity index (χ1) is 13.5. The molecule has 0 aliphatic carbocycles. The quantitative estimate of drug-likeness (QED) is 0.556. The van der Waals surface area contributed by atoms with Crippen molar-refractivity contribution in [1.29, 1.82) is 0 Å². The molecule has 5 nitrogen and oxygen atoms in total. The third-order valence-electron chi connectivity index (χ3n) is 5.72. The van der Waals surface area contributed by atoms with Crippen LogP contribution in [0, 0.1) is 5.92 Å². The topological polar surface area (TPSA) is 50.8 Å². The lowest BCUT2D eigenvalue weighted by Crippen LogP contribution is -2.41. The second kappa shape index (κ2) is 11.4. The molecular weight excluding hydrogens is 352 g/mol. The maximum absolute atomic E-state index is 12.6. The Morgan fingerprint density at radius 2 is 2.04 bits per heavy atom. The summed E-state index contributed by atoms with van der Waals surface area (Å²) in [6, 6.07) is 7.60.